The highest BCUT2D eigenvalue weighted by Gasteiger charge is 2.15. The second-order valence-electron chi connectivity index (χ2n) is 6.29. The summed E-state index contributed by atoms with van der Waals surface area (Å²) in [7, 11) is 0. The first-order valence-electron chi connectivity index (χ1n) is 8.59. The van der Waals surface area contributed by atoms with Crippen molar-refractivity contribution in [2.75, 3.05) is 11.9 Å². The molecule has 3 rings (SSSR count). The second-order valence-corrected chi connectivity index (χ2v) is 6.29. The van der Waals surface area contributed by atoms with Gasteiger partial charge in [-0.05, 0) is 50.1 Å². The van der Waals surface area contributed by atoms with Crippen LogP contribution in [0.3, 0.4) is 0 Å². The number of para-hydroxylation sites is 1. The zero-order valence-corrected chi connectivity index (χ0v) is 15.2. The molecule has 6 nitrogen and oxygen atoms in total. The Morgan fingerprint density at radius 1 is 1.19 bits per heavy atom. The number of H-pyrrole nitrogens is 1. The summed E-state index contributed by atoms with van der Waals surface area (Å²) in [5.74, 6) is 0.465. The molecule has 0 spiro atoms. The smallest absolute Gasteiger partial charge is 0.317 e. The Hall–Kier alpha value is -3.15. The van der Waals surface area contributed by atoms with Crippen LogP contribution in [0.5, 0.6) is 0 Å². The van der Waals surface area contributed by atoms with E-state index < -0.39 is 0 Å². The van der Waals surface area contributed by atoms with E-state index in [9.17, 15) is 9.59 Å². The van der Waals surface area contributed by atoms with Gasteiger partial charge in [0.2, 0.25) is 0 Å². The van der Waals surface area contributed by atoms with Crippen molar-refractivity contribution in [3.05, 3.63) is 69.8 Å². The molecule has 6 heteroatoms. The molecule has 134 valence electrons. The summed E-state index contributed by atoms with van der Waals surface area (Å²) in [4.78, 5) is 33.7. The topological polar surface area (TPSA) is 78.1 Å². The molecule has 1 aromatic heterocycles. The van der Waals surface area contributed by atoms with E-state index in [1.807, 2.05) is 45.0 Å². The summed E-state index contributed by atoms with van der Waals surface area (Å²) in [5, 5.41) is 3.48. The number of urea groups is 1. The molecule has 0 aliphatic heterocycles. The number of nitrogens with zero attached hydrogens (tertiary/aromatic N) is 2. The number of benzene rings is 2. The lowest BCUT2D eigenvalue weighted by Crippen LogP contribution is -2.35. The van der Waals surface area contributed by atoms with Crippen LogP contribution >= 0.6 is 0 Å². The number of carbonyl (C=O) groups is 1. The van der Waals surface area contributed by atoms with Crippen LogP contribution in [0.25, 0.3) is 10.9 Å². The van der Waals surface area contributed by atoms with E-state index in [1.165, 1.54) is 0 Å². The third kappa shape index (κ3) is 3.74. The maximum Gasteiger partial charge on any atom is 0.322 e. The van der Waals surface area contributed by atoms with Gasteiger partial charge in [-0.1, -0.05) is 24.3 Å². The number of amides is 2. The Balaban J connectivity index is 1.82. The van der Waals surface area contributed by atoms with Crippen LogP contribution in [0.2, 0.25) is 0 Å². The zero-order valence-electron chi connectivity index (χ0n) is 15.2. The fourth-order valence-electron chi connectivity index (χ4n) is 2.78. The first-order chi connectivity index (χ1) is 12.5. The van der Waals surface area contributed by atoms with Crippen molar-refractivity contribution >= 4 is 22.6 Å². The number of hydrogen-bond acceptors (Lipinski definition) is 3. The van der Waals surface area contributed by atoms with Crippen molar-refractivity contribution in [3.63, 3.8) is 0 Å². The highest BCUT2D eigenvalue weighted by atomic mass is 16.2. The van der Waals surface area contributed by atoms with Crippen LogP contribution in [0.1, 0.15) is 23.9 Å². The molecule has 0 atom stereocenters. The van der Waals surface area contributed by atoms with Gasteiger partial charge < -0.3 is 15.2 Å². The monoisotopic (exact) mass is 350 g/mol. The Bertz CT molecular complexity index is 1010. The van der Waals surface area contributed by atoms with Gasteiger partial charge in [-0.25, -0.2) is 9.78 Å². The summed E-state index contributed by atoms with van der Waals surface area (Å²) >= 11 is 0. The van der Waals surface area contributed by atoms with Gasteiger partial charge >= 0.3 is 6.03 Å². The zero-order chi connectivity index (χ0) is 18.7. The average Bonchev–Trinajstić information content (AvgIpc) is 2.62. The molecular weight excluding hydrogens is 328 g/mol. The third-order valence-corrected chi connectivity index (χ3v) is 4.31. The molecule has 0 saturated carbocycles. The minimum absolute atomic E-state index is 0.198. The Morgan fingerprint density at radius 3 is 2.73 bits per heavy atom. The van der Waals surface area contributed by atoms with Crippen molar-refractivity contribution < 1.29 is 4.79 Å². The Kier molecular flexibility index (Phi) is 5.02. The summed E-state index contributed by atoms with van der Waals surface area (Å²) in [6, 6.07) is 12.9. The Morgan fingerprint density at radius 2 is 1.96 bits per heavy atom. The van der Waals surface area contributed by atoms with E-state index in [4.69, 9.17) is 0 Å². The number of rotatable bonds is 4. The lowest BCUT2D eigenvalue weighted by Gasteiger charge is -2.21. The van der Waals surface area contributed by atoms with Gasteiger partial charge in [0.15, 0.2) is 0 Å². The number of aromatic amines is 1. The van der Waals surface area contributed by atoms with Crippen molar-refractivity contribution in [1.82, 2.24) is 14.9 Å². The molecule has 0 radical (unpaired) electrons. The van der Waals surface area contributed by atoms with Gasteiger partial charge in [-0.3, -0.25) is 4.79 Å². The molecule has 0 fully saturated rings. The first kappa shape index (κ1) is 17.7. The highest BCUT2D eigenvalue weighted by Crippen LogP contribution is 2.17. The minimum atomic E-state index is -0.225. The molecule has 0 unspecified atom stereocenters. The van der Waals surface area contributed by atoms with Crippen LogP contribution in [0.4, 0.5) is 10.5 Å². The summed E-state index contributed by atoms with van der Waals surface area (Å²) in [6.07, 6.45) is 0. The summed E-state index contributed by atoms with van der Waals surface area (Å²) in [6.45, 7) is 6.55. The normalized spacial score (nSPS) is 10.7. The SMILES string of the molecule is CCN(Cc1nc2ccccc2c(=O)[nH]1)C(=O)Nc1cc(C)ccc1C. The third-order valence-electron chi connectivity index (χ3n) is 4.31. The predicted molar refractivity (Wildman–Crippen MR) is 103 cm³/mol. The van der Waals surface area contributed by atoms with E-state index in [-0.39, 0.29) is 18.1 Å². The number of aryl methyl sites for hydroxylation is 2. The van der Waals surface area contributed by atoms with Crippen LogP contribution in [-0.2, 0) is 6.54 Å². The number of hydrogen-bond donors (Lipinski definition) is 2. The molecule has 0 saturated heterocycles. The molecule has 26 heavy (non-hydrogen) atoms. The molecule has 0 bridgehead atoms. The largest absolute Gasteiger partial charge is 0.322 e. The van der Waals surface area contributed by atoms with E-state index in [1.54, 1.807) is 23.1 Å². The number of nitrogens with one attached hydrogen (secondary N) is 2. The van der Waals surface area contributed by atoms with Crippen LogP contribution in [0.15, 0.2) is 47.3 Å². The Labute approximate surface area is 151 Å². The van der Waals surface area contributed by atoms with Gasteiger partial charge in [0.05, 0.1) is 17.4 Å². The van der Waals surface area contributed by atoms with Gasteiger partial charge in [-0.15, -0.1) is 0 Å². The quantitative estimate of drug-likeness (QED) is 0.755. The lowest BCUT2D eigenvalue weighted by atomic mass is 10.1. The standard InChI is InChI=1S/C20H22N4O2/c1-4-24(20(26)22-17-11-13(2)9-10-14(17)3)12-18-21-16-8-6-5-7-15(16)19(25)23-18/h5-11H,4,12H2,1-3H3,(H,22,26)(H,21,23,25). The van der Waals surface area contributed by atoms with Crippen LogP contribution in [0, 0.1) is 13.8 Å². The van der Waals surface area contributed by atoms with Crippen molar-refractivity contribution in [1.29, 1.82) is 0 Å². The maximum atomic E-state index is 12.7. The number of anilines is 1. The molecule has 1 heterocycles. The molecular formula is C20H22N4O2. The van der Waals surface area contributed by atoms with Gasteiger partial charge in [0, 0.05) is 12.2 Å². The van der Waals surface area contributed by atoms with Crippen LogP contribution < -0.4 is 10.9 Å². The number of fused-ring (bicyclic) bond motifs is 1. The summed E-state index contributed by atoms with van der Waals surface area (Å²) in [5.41, 5.74) is 3.29. The lowest BCUT2D eigenvalue weighted by molar-refractivity contribution is 0.210. The van der Waals surface area contributed by atoms with E-state index >= 15 is 0 Å². The number of carbonyl (C=O) groups excluding carboxylic acids is 1. The molecule has 2 aromatic carbocycles. The maximum absolute atomic E-state index is 12.7. The highest BCUT2D eigenvalue weighted by molar-refractivity contribution is 5.90. The molecule has 2 amide bonds. The van der Waals surface area contributed by atoms with Gasteiger partial charge in [-0.2, -0.15) is 0 Å². The average molecular weight is 350 g/mol. The van der Waals surface area contributed by atoms with E-state index in [0.717, 1.165) is 16.8 Å². The second kappa shape index (κ2) is 7.39. The summed E-state index contributed by atoms with van der Waals surface area (Å²) < 4.78 is 0. The molecule has 3 aromatic rings. The van der Waals surface area contributed by atoms with Crippen molar-refractivity contribution in [2.24, 2.45) is 0 Å². The van der Waals surface area contributed by atoms with Crippen molar-refractivity contribution in [2.45, 2.75) is 27.3 Å². The number of aromatic nitrogens is 2. The fourth-order valence-corrected chi connectivity index (χ4v) is 2.78. The van der Waals surface area contributed by atoms with E-state index in [2.05, 4.69) is 15.3 Å². The van der Waals surface area contributed by atoms with Gasteiger partial charge in [0.1, 0.15) is 5.82 Å². The first-order valence-corrected chi connectivity index (χ1v) is 8.59. The molecule has 2 N–H and O–H groups in total. The van der Waals surface area contributed by atoms with Crippen LogP contribution in [-0.4, -0.2) is 27.4 Å². The van der Waals surface area contributed by atoms with E-state index in [0.29, 0.717) is 23.3 Å². The fraction of sp³-hybridized carbons (Fsp3) is 0.250. The predicted octanol–water partition coefficient (Wildman–Crippen LogP) is 3.59. The minimum Gasteiger partial charge on any atom is -0.317 e. The molecule has 0 aliphatic carbocycles. The van der Waals surface area contributed by atoms with Gasteiger partial charge in [0.25, 0.3) is 5.56 Å². The molecule has 0 aliphatic rings. The van der Waals surface area contributed by atoms with Crippen molar-refractivity contribution in [3.8, 4) is 0 Å².